The van der Waals surface area contributed by atoms with Gasteiger partial charge >= 0.3 is 0 Å². The minimum Gasteiger partial charge on any atom is -0.465 e. The van der Waals surface area contributed by atoms with E-state index < -0.39 is 0 Å². The fourth-order valence-electron chi connectivity index (χ4n) is 2.57. The molecule has 0 radical (unpaired) electrons. The van der Waals surface area contributed by atoms with Crippen molar-refractivity contribution in [3.8, 4) is 0 Å². The Kier molecular flexibility index (Phi) is 4.24. The second-order valence-corrected chi connectivity index (χ2v) is 6.77. The van der Waals surface area contributed by atoms with Crippen molar-refractivity contribution in [1.29, 1.82) is 0 Å². The predicted octanol–water partition coefficient (Wildman–Crippen LogP) is 1.51. The smallest absolute Gasteiger partial charge is 0.270 e. The molecule has 1 aromatic heterocycles. The number of rotatable bonds is 3. The SMILES string of the molecule is O=C1/C(=C\c2ccco2)SC(=S)N1C[NH+]1CCCCC1. The number of carbonyl (C=O) groups is 1. The average molecular weight is 309 g/mol. The maximum atomic E-state index is 12.4. The number of quaternary nitrogens is 1. The first-order valence-electron chi connectivity index (χ1n) is 6.86. The number of nitrogens with zero attached hydrogens (tertiary/aromatic N) is 1. The summed E-state index contributed by atoms with van der Waals surface area (Å²) in [6.07, 6.45) is 7.16. The van der Waals surface area contributed by atoms with Gasteiger partial charge in [0.15, 0.2) is 11.0 Å². The lowest BCUT2D eigenvalue weighted by atomic mass is 10.1. The largest absolute Gasteiger partial charge is 0.465 e. The van der Waals surface area contributed by atoms with Crippen molar-refractivity contribution in [3.05, 3.63) is 29.1 Å². The quantitative estimate of drug-likeness (QED) is 0.678. The number of nitrogens with one attached hydrogen (secondary N) is 1. The Labute approximate surface area is 127 Å². The highest BCUT2D eigenvalue weighted by molar-refractivity contribution is 8.26. The van der Waals surface area contributed by atoms with Crippen LogP contribution in [-0.2, 0) is 4.79 Å². The highest BCUT2D eigenvalue weighted by Crippen LogP contribution is 2.31. The fraction of sp³-hybridized carbons (Fsp3) is 0.429. The van der Waals surface area contributed by atoms with Crippen molar-refractivity contribution in [2.45, 2.75) is 19.3 Å². The van der Waals surface area contributed by atoms with Crippen LogP contribution in [0.5, 0.6) is 0 Å². The Bertz CT molecular complexity index is 533. The van der Waals surface area contributed by atoms with E-state index in [1.165, 1.54) is 35.9 Å². The van der Waals surface area contributed by atoms with Gasteiger partial charge in [-0.05, 0) is 31.4 Å². The summed E-state index contributed by atoms with van der Waals surface area (Å²) in [4.78, 5) is 16.2. The molecule has 1 aromatic rings. The number of furan rings is 1. The topological polar surface area (TPSA) is 37.9 Å². The maximum absolute atomic E-state index is 12.4. The van der Waals surface area contributed by atoms with Crippen LogP contribution in [0.25, 0.3) is 6.08 Å². The third kappa shape index (κ3) is 2.97. The zero-order valence-electron chi connectivity index (χ0n) is 11.1. The fourth-order valence-corrected chi connectivity index (χ4v) is 3.81. The van der Waals surface area contributed by atoms with Crippen molar-refractivity contribution in [2.75, 3.05) is 19.8 Å². The summed E-state index contributed by atoms with van der Waals surface area (Å²) in [6.45, 7) is 2.96. The summed E-state index contributed by atoms with van der Waals surface area (Å²) >= 11 is 6.71. The van der Waals surface area contributed by atoms with Gasteiger partial charge in [-0.2, -0.15) is 0 Å². The van der Waals surface area contributed by atoms with Crippen LogP contribution in [0, 0.1) is 0 Å². The van der Waals surface area contributed by atoms with Gasteiger partial charge < -0.3 is 9.32 Å². The molecule has 0 atom stereocenters. The van der Waals surface area contributed by atoms with E-state index in [1.807, 2.05) is 12.1 Å². The van der Waals surface area contributed by atoms with Crippen LogP contribution in [0.4, 0.5) is 0 Å². The number of hydrogen-bond acceptors (Lipinski definition) is 4. The molecule has 3 heterocycles. The second kappa shape index (κ2) is 6.11. The molecule has 20 heavy (non-hydrogen) atoms. The van der Waals surface area contributed by atoms with Crippen LogP contribution in [0.2, 0.25) is 0 Å². The Balaban J connectivity index is 1.70. The predicted molar refractivity (Wildman–Crippen MR) is 83.1 cm³/mol. The molecule has 0 bridgehead atoms. The van der Waals surface area contributed by atoms with Gasteiger partial charge in [-0.25, -0.2) is 4.90 Å². The molecule has 2 fully saturated rings. The lowest BCUT2D eigenvalue weighted by Gasteiger charge is -2.27. The third-order valence-corrected chi connectivity index (χ3v) is 5.01. The lowest BCUT2D eigenvalue weighted by molar-refractivity contribution is -0.911. The van der Waals surface area contributed by atoms with Gasteiger partial charge in [0.05, 0.1) is 24.3 Å². The molecule has 1 N–H and O–H groups in total. The molecule has 0 aromatic carbocycles. The summed E-state index contributed by atoms with van der Waals surface area (Å²) in [5, 5.41) is 0. The molecular weight excluding hydrogens is 292 g/mol. The summed E-state index contributed by atoms with van der Waals surface area (Å²) in [5.41, 5.74) is 0. The standard InChI is InChI=1S/C14H16N2O2S2/c17-13-12(9-11-5-4-8-18-11)20-14(19)16(13)10-15-6-2-1-3-7-15/h4-5,8-9H,1-3,6-7,10H2/p+1/b12-9+. The van der Waals surface area contributed by atoms with Crippen LogP contribution in [0.15, 0.2) is 27.7 Å². The van der Waals surface area contributed by atoms with Gasteiger partial charge in [0.2, 0.25) is 0 Å². The van der Waals surface area contributed by atoms with Gasteiger partial charge in [0, 0.05) is 6.08 Å². The minimum atomic E-state index is 0.00877. The molecule has 3 rings (SSSR count). The Morgan fingerprint density at radius 1 is 1.40 bits per heavy atom. The highest BCUT2D eigenvalue weighted by Gasteiger charge is 2.35. The van der Waals surface area contributed by atoms with Crippen molar-refractivity contribution >= 4 is 40.3 Å². The molecule has 0 saturated carbocycles. The van der Waals surface area contributed by atoms with Gasteiger partial charge in [-0.3, -0.25) is 4.79 Å². The van der Waals surface area contributed by atoms with Gasteiger partial charge in [-0.1, -0.05) is 24.0 Å². The summed E-state index contributed by atoms with van der Waals surface area (Å²) in [7, 11) is 0. The molecule has 106 valence electrons. The Morgan fingerprint density at radius 2 is 2.20 bits per heavy atom. The van der Waals surface area contributed by atoms with Crippen LogP contribution in [0.3, 0.4) is 0 Å². The van der Waals surface area contributed by atoms with Crippen LogP contribution in [-0.4, -0.2) is 34.9 Å². The first-order valence-corrected chi connectivity index (χ1v) is 8.09. The van der Waals surface area contributed by atoms with Gasteiger partial charge in [0.25, 0.3) is 5.91 Å². The monoisotopic (exact) mass is 309 g/mol. The van der Waals surface area contributed by atoms with Crippen LogP contribution >= 0.6 is 24.0 Å². The van der Waals surface area contributed by atoms with Crippen LogP contribution < -0.4 is 4.90 Å². The van der Waals surface area contributed by atoms with Gasteiger partial charge in [0.1, 0.15) is 5.76 Å². The molecule has 0 spiro atoms. The van der Waals surface area contributed by atoms with E-state index in [2.05, 4.69) is 0 Å². The van der Waals surface area contributed by atoms with E-state index in [0.717, 1.165) is 13.1 Å². The Hall–Kier alpha value is -1.11. The summed E-state index contributed by atoms with van der Waals surface area (Å²) in [6, 6.07) is 3.65. The summed E-state index contributed by atoms with van der Waals surface area (Å²) < 4.78 is 5.91. The van der Waals surface area contributed by atoms with E-state index in [-0.39, 0.29) is 5.91 Å². The zero-order chi connectivity index (χ0) is 13.9. The molecule has 2 aliphatic rings. The molecule has 0 unspecified atom stereocenters. The zero-order valence-corrected chi connectivity index (χ0v) is 12.8. The number of carbonyl (C=O) groups excluding carboxylic acids is 1. The molecule has 6 heteroatoms. The Morgan fingerprint density at radius 3 is 2.90 bits per heavy atom. The van der Waals surface area contributed by atoms with Crippen molar-refractivity contribution in [1.82, 2.24) is 4.90 Å². The molecule has 4 nitrogen and oxygen atoms in total. The van der Waals surface area contributed by atoms with Crippen molar-refractivity contribution < 1.29 is 14.1 Å². The summed E-state index contributed by atoms with van der Waals surface area (Å²) in [5.74, 6) is 0.699. The lowest BCUT2D eigenvalue weighted by Crippen LogP contribution is -3.14. The first kappa shape index (κ1) is 13.9. The van der Waals surface area contributed by atoms with E-state index in [9.17, 15) is 4.79 Å². The molecule has 1 amide bonds. The normalized spacial score (nSPS) is 23.0. The first-order chi connectivity index (χ1) is 9.74. The number of thioether (sulfide) groups is 1. The molecular formula is C14H17N2O2S2+. The van der Waals surface area contributed by atoms with Gasteiger partial charge in [-0.15, -0.1) is 0 Å². The molecule has 0 aliphatic carbocycles. The van der Waals surface area contributed by atoms with Crippen molar-refractivity contribution in [3.63, 3.8) is 0 Å². The van der Waals surface area contributed by atoms with E-state index in [4.69, 9.17) is 16.6 Å². The van der Waals surface area contributed by atoms with E-state index >= 15 is 0 Å². The molecule has 2 aliphatic heterocycles. The average Bonchev–Trinajstić information content (AvgIpc) is 3.05. The van der Waals surface area contributed by atoms with Crippen molar-refractivity contribution in [2.24, 2.45) is 0 Å². The third-order valence-electron chi connectivity index (χ3n) is 3.63. The maximum Gasteiger partial charge on any atom is 0.270 e. The van der Waals surface area contributed by atoms with E-state index in [0.29, 0.717) is 21.7 Å². The molecule has 2 saturated heterocycles. The minimum absolute atomic E-state index is 0.00877. The van der Waals surface area contributed by atoms with E-state index in [1.54, 1.807) is 17.2 Å². The second-order valence-electron chi connectivity index (χ2n) is 5.09. The van der Waals surface area contributed by atoms with Crippen LogP contribution in [0.1, 0.15) is 25.0 Å². The highest BCUT2D eigenvalue weighted by atomic mass is 32.2. The number of hydrogen-bond donors (Lipinski definition) is 1. The number of thiocarbonyl (C=S) groups is 1. The number of piperidine rings is 1. The number of likely N-dealkylation sites (tertiary alicyclic amines) is 1. The number of amides is 1.